The van der Waals surface area contributed by atoms with Gasteiger partial charge in [-0.1, -0.05) is 17.7 Å². The van der Waals surface area contributed by atoms with E-state index in [1.807, 2.05) is 24.3 Å². The van der Waals surface area contributed by atoms with E-state index in [0.29, 0.717) is 39.9 Å². The predicted octanol–water partition coefficient (Wildman–Crippen LogP) is 4.45. The number of fused-ring (bicyclic) bond motifs is 2. The fourth-order valence-electron chi connectivity index (χ4n) is 4.51. The SMILES string of the molecule is COc1ccc(Cl)c(-c2cc3[nH]c(=O)n(-c4cncc5ccc(N6CCOCC6)cc45)c(=O)c3s2)c1. The average Bonchev–Trinajstić information content (AvgIpc) is 3.33. The standard InChI is InChI=1S/C26H21ClN4O4S/c1-34-17-4-5-20(27)19(11-17)23-12-21-24(36-23)25(32)31(26(33)29-21)22-14-28-13-15-2-3-16(10-18(15)22)30-6-8-35-9-7-30/h2-5,10-14H,6-9H2,1H3,(H,29,33). The second-order valence-electron chi connectivity index (χ2n) is 8.43. The van der Waals surface area contributed by atoms with Gasteiger partial charge in [-0.3, -0.25) is 9.78 Å². The van der Waals surface area contributed by atoms with E-state index in [9.17, 15) is 9.59 Å². The molecule has 0 spiro atoms. The summed E-state index contributed by atoms with van der Waals surface area (Å²) >= 11 is 7.71. The molecule has 0 atom stereocenters. The largest absolute Gasteiger partial charge is 0.497 e. The molecule has 2 aromatic carbocycles. The fraction of sp³-hybridized carbons (Fsp3) is 0.192. The summed E-state index contributed by atoms with van der Waals surface area (Å²) in [6.07, 6.45) is 3.29. The van der Waals surface area contributed by atoms with E-state index in [2.05, 4.69) is 14.9 Å². The molecule has 1 fully saturated rings. The number of pyridine rings is 1. The highest BCUT2D eigenvalue weighted by Crippen LogP contribution is 2.37. The molecular formula is C26H21ClN4O4S. The van der Waals surface area contributed by atoms with E-state index >= 15 is 0 Å². The topological polar surface area (TPSA) is 89.5 Å². The smallest absolute Gasteiger partial charge is 0.333 e. The summed E-state index contributed by atoms with van der Waals surface area (Å²) < 4.78 is 12.4. The lowest BCUT2D eigenvalue weighted by Crippen LogP contribution is -2.36. The summed E-state index contributed by atoms with van der Waals surface area (Å²) in [5.41, 5.74) is 1.70. The number of benzene rings is 2. The number of thiophene rings is 1. The van der Waals surface area contributed by atoms with Crippen molar-refractivity contribution in [2.45, 2.75) is 0 Å². The molecule has 36 heavy (non-hydrogen) atoms. The Balaban J connectivity index is 1.53. The minimum absolute atomic E-state index is 0.407. The van der Waals surface area contributed by atoms with E-state index < -0.39 is 11.2 Å². The van der Waals surface area contributed by atoms with Crippen molar-refractivity contribution in [3.63, 3.8) is 0 Å². The minimum atomic E-state index is -0.528. The Kier molecular flexibility index (Phi) is 5.75. The van der Waals surface area contributed by atoms with Gasteiger partial charge in [0.05, 0.1) is 37.7 Å². The first-order valence-corrected chi connectivity index (χ1v) is 12.6. The number of anilines is 1. The van der Waals surface area contributed by atoms with Gasteiger partial charge >= 0.3 is 5.69 Å². The van der Waals surface area contributed by atoms with Crippen LogP contribution in [-0.4, -0.2) is 47.9 Å². The van der Waals surface area contributed by atoms with Gasteiger partial charge < -0.3 is 19.4 Å². The Hall–Kier alpha value is -3.66. The summed E-state index contributed by atoms with van der Waals surface area (Å²) in [4.78, 5) is 37.0. The number of halogens is 1. The van der Waals surface area contributed by atoms with E-state index in [-0.39, 0.29) is 0 Å². The Bertz CT molecular complexity index is 1740. The number of aromatic nitrogens is 3. The maximum atomic E-state index is 13.7. The van der Waals surface area contributed by atoms with Crippen molar-refractivity contribution in [3.8, 4) is 21.9 Å². The van der Waals surface area contributed by atoms with E-state index in [1.165, 1.54) is 11.3 Å². The van der Waals surface area contributed by atoms with Crippen molar-refractivity contribution in [1.82, 2.24) is 14.5 Å². The van der Waals surface area contributed by atoms with Crippen molar-refractivity contribution >= 4 is 49.6 Å². The molecule has 0 radical (unpaired) electrons. The Morgan fingerprint density at radius 2 is 1.92 bits per heavy atom. The van der Waals surface area contributed by atoms with Crippen molar-refractivity contribution < 1.29 is 9.47 Å². The number of methoxy groups -OCH3 is 1. The van der Waals surface area contributed by atoms with Crippen LogP contribution in [0.4, 0.5) is 5.69 Å². The van der Waals surface area contributed by atoms with Crippen molar-refractivity contribution in [2.75, 3.05) is 38.3 Å². The van der Waals surface area contributed by atoms with E-state index in [0.717, 1.165) is 44.6 Å². The molecule has 10 heteroatoms. The number of hydrogen-bond acceptors (Lipinski definition) is 7. The predicted molar refractivity (Wildman–Crippen MR) is 143 cm³/mol. The number of nitrogens with zero attached hydrogens (tertiary/aromatic N) is 3. The summed E-state index contributed by atoms with van der Waals surface area (Å²) in [7, 11) is 1.58. The summed E-state index contributed by atoms with van der Waals surface area (Å²) in [5.74, 6) is 0.649. The number of nitrogens with one attached hydrogen (secondary N) is 1. The highest BCUT2D eigenvalue weighted by Gasteiger charge is 2.18. The molecule has 1 aliphatic rings. The summed E-state index contributed by atoms with van der Waals surface area (Å²) in [6, 6.07) is 13.1. The quantitative estimate of drug-likeness (QED) is 0.376. The lowest BCUT2D eigenvalue weighted by Gasteiger charge is -2.29. The van der Waals surface area contributed by atoms with Gasteiger partial charge in [0.25, 0.3) is 5.56 Å². The lowest BCUT2D eigenvalue weighted by atomic mass is 10.1. The normalized spacial score (nSPS) is 14.0. The van der Waals surface area contributed by atoms with Crippen LogP contribution in [0, 0.1) is 0 Å². The van der Waals surface area contributed by atoms with Crippen LogP contribution in [0.25, 0.3) is 37.1 Å². The number of H-pyrrole nitrogens is 1. The first-order chi connectivity index (χ1) is 17.5. The maximum Gasteiger partial charge on any atom is 0.333 e. The van der Waals surface area contributed by atoms with Crippen LogP contribution < -0.4 is 20.9 Å². The van der Waals surface area contributed by atoms with Gasteiger partial charge in [0, 0.05) is 51.2 Å². The molecule has 4 heterocycles. The molecule has 0 bridgehead atoms. The first-order valence-electron chi connectivity index (χ1n) is 11.4. The number of rotatable bonds is 4. The van der Waals surface area contributed by atoms with Gasteiger partial charge in [-0.25, -0.2) is 9.36 Å². The highest BCUT2D eigenvalue weighted by atomic mass is 35.5. The molecule has 3 aromatic heterocycles. The number of aromatic amines is 1. The zero-order valence-corrected chi connectivity index (χ0v) is 20.9. The highest BCUT2D eigenvalue weighted by molar-refractivity contribution is 7.22. The maximum absolute atomic E-state index is 13.7. The first kappa shape index (κ1) is 22.8. The van der Waals surface area contributed by atoms with Gasteiger partial charge in [-0.15, -0.1) is 11.3 Å². The molecule has 0 aliphatic carbocycles. The second-order valence-corrected chi connectivity index (χ2v) is 9.89. The third kappa shape index (κ3) is 3.85. The molecule has 0 amide bonds. The van der Waals surface area contributed by atoms with Crippen molar-refractivity contribution in [1.29, 1.82) is 0 Å². The molecule has 6 rings (SSSR count). The van der Waals surface area contributed by atoms with Crippen LogP contribution in [0.3, 0.4) is 0 Å². The van der Waals surface area contributed by atoms with Crippen LogP contribution in [0.2, 0.25) is 5.02 Å². The third-order valence-corrected chi connectivity index (χ3v) is 7.84. The molecule has 5 aromatic rings. The monoisotopic (exact) mass is 520 g/mol. The van der Waals surface area contributed by atoms with Gasteiger partial charge in [-0.05, 0) is 36.4 Å². The lowest BCUT2D eigenvalue weighted by molar-refractivity contribution is 0.122. The Morgan fingerprint density at radius 1 is 1.08 bits per heavy atom. The Morgan fingerprint density at radius 3 is 2.72 bits per heavy atom. The molecular weight excluding hydrogens is 500 g/mol. The Labute approximate surface area is 214 Å². The zero-order valence-electron chi connectivity index (χ0n) is 19.3. The summed E-state index contributed by atoms with van der Waals surface area (Å²) in [5, 5.41) is 2.14. The third-order valence-electron chi connectivity index (χ3n) is 6.35. The molecule has 0 unspecified atom stereocenters. The van der Waals surface area contributed by atoms with Crippen molar-refractivity contribution in [3.05, 3.63) is 80.7 Å². The van der Waals surface area contributed by atoms with Crippen LogP contribution in [0.5, 0.6) is 5.75 Å². The minimum Gasteiger partial charge on any atom is -0.497 e. The molecule has 1 saturated heterocycles. The number of ether oxygens (including phenoxy) is 2. The summed E-state index contributed by atoms with van der Waals surface area (Å²) in [6.45, 7) is 2.89. The fourth-order valence-corrected chi connectivity index (χ4v) is 5.86. The van der Waals surface area contributed by atoms with Crippen LogP contribution in [-0.2, 0) is 4.74 Å². The number of hydrogen-bond donors (Lipinski definition) is 1. The molecule has 1 aliphatic heterocycles. The average molecular weight is 521 g/mol. The van der Waals surface area contributed by atoms with E-state index in [1.54, 1.807) is 37.7 Å². The number of morpholine rings is 1. The van der Waals surface area contributed by atoms with Gasteiger partial charge in [-0.2, -0.15) is 0 Å². The van der Waals surface area contributed by atoms with Crippen molar-refractivity contribution in [2.24, 2.45) is 0 Å². The molecule has 182 valence electrons. The molecule has 0 saturated carbocycles. The van der Waals surface area contributed by atoms with Gasteiger partial charge in [0.1, 0.15) is 10.4 Å². The molecule has 1 N–H and O–H groups in total. The van der Waals surface area contributed by atoms with Gasteiger partial charge in [0.15, 0.2) is 0 Å². The zero-order chi connectivity index (χ0) is 24.8. The van der Waals surface area contributed by atoms with Crippen LogP contribution in [0.15, 0.2) is 64.4 Å². The van der Waals surface area contributed by atoms with E-state index in [4.69, 9.17) is 21.1 Å². The van der Waals surface area contributed by atoms with Crippen LogP contribution in [0.1, 0.15) is 0 Å². The van der Waals surface area contributed by atoms with Gasteiger partial charge in [0.2, 0.25) is 0 Å². The second kappa shape index (κ2) is 9.09. The molecule has 8 nitrogen and oxygen atoms in total. The van der Waals surface area contributed by atoms with Crippen LogP contribution >= 0.6 is 22.9 Å².